The van der Waals surface area contributed by atoms with Crippen molar-refractivity contribution in [2.45, 2.75) is 39.5 Å². The minimum absolute atomic E-state index is 0.858. The van der Waals surface area contributed by atoms with Gasteiger partial charge in [0.2, 0.25) is 0 Å². The van der Waals surface area contributed by atoms with E-state index in [1.165, 1.54) is 31.3 Å². The lowest BCUT2D eigenvalue weighted by Crippen LogP contribution is -2.13. The Bertz CT molecular complexity index is 122. The monoisotopic (exact) mass is 138 g/mol. The molecule has 0 aromatic carbocycles. The Hall–Kier alpha value is -0.260. The Kier molecular flexibility index (Phi) is 2.53. The first-order valence-electron chi connectivity index (χ1n) is 4.37. The van der Waals surface area contributed by atoms with E-state index in [9.17, 15) is 0 Å². The lowest BCUT2D eigenvalue weighted by Gasteiger charge is -2.26. The van der Waals surface area contributed by atoms with Crippen LogP contribution in [-0.2, 0) is 0 Å². The zero-order valence-electron chi connectivity index (χ0n) is 7.19. The van der Waals surface area contributed by atoms with Crippen LogP contribution in [0.5, 0.6) is 0 Å². The van der Waals surface area contributed by atoms with Crippen molar-refractivity contribution in [3.05, 3.63) is 12.2 Å². The zero-order chi connectivity index (χ0) is 7.56. The summed E-state index contributed by atoms with van der Waals surface area (Å²) < 4.78 is 0. The van der Waals surface area contributed by atoms with E-state index >= 15 is 0 Å². The molecule has 0 aliphatic heterocycles. The van der Waals surface area contributed by atoms with Crippen molar-refractivity contribution in [1.29, 1.82) is 0 Å². The van der Waals surface area contributed by atoms with Gasteiger partial charge in [-0.2, -0.15) is 0 Å². The summed E-state index contributed by atoms with van der Waals surface area (Å²) in [6.07, 6.45) is 5.37. The smallest absolute Gasteiger partial charge is 0.0292 e. The first kappa shape index (κ1) is 7.84. The molecule has 0 nitrogen and oxygen atoms in total. The highest BCUT2D eigenvalue weighted by molar-refractivity contribution is 4.99. The van der Waals surface area contributed by atoms with E-state index in [4.69, 9.17) is 0 Å². The van der Waals surface area contributed by atoms with Gasteiger partial charge >= 0.3 is 0 Å². The van der Waals surface area contributed by atoms with E-state index < -0.39 is 0 Å². The largest absolute Gasteiger partial charge is 0.0999 e. The zero-order valence-corrected chi connectivity index (χ0v) is 7.19. The van der Waals surface area contributed by atoms with Crippen molar-refractivity contribution < 1.29 is 0 Å². The van der Waals surface area contributed by atoms with Crippen molar-refractivity contribution >= 4 is 0 Å². The van der Waals surface area contributed by atoms with Gasteiger partial charge < -0.3 is 0 Å². The minimum atomic E-state index is 0.858. The molecule has 0 aromatic heterocycles. The summed E-state index contributed by atoms with van der Waals surface area (Å²) in [4.78, 5) is 0. The molecule has 1 saturated carbocycles. The second-order valence-electron chi connectivity index (χ2n) is 3.85. The number of hydrogen-bond acceptors (Lipinski definition) is 0. The van der Waals surface area contributed by atoms with Crippen LogP contribution in [0.4, 0.5) is 0 Å². The Morgan fingerprint density at radius 2 is 2.20 bits per heavy atom. The Balaban J connectivity index is 2.39. The molecule has 1 fully saturated rings. The van der Waals surface area contributed by atoms with E-state index in [1.54, 1.807) is 0 Å². The Morgan fingerprint density at radius 3 is 2.60 bits per heavy atom. The molecule has 1 atom stereocenters. The molecular weight excluding hydrogens is 120 g/mol. The normalized spacial score (nSPS) is 27.5. The van der Waals surface area contributed by atoms with Gasteiger partial charge in [-0.25, -0.2) is 0 Å². The Morgan fingerprint density at radius 1 is 1.50 bits per heavy atom. The van der Waals surface area contributed by atoms with E-state index in [2.05, 4.69) is 20.4 Å². The summed E-state index contributed by atoms with van der Waals surface area (Å²) >= 11 is 0. The molecule has 0 radical (unpaired) electrons. The van der Waals surface area contributed by atoms with Gasteiger partial charge in [0.1, 0.15) is 0 Å². The van der Waals surface area contributed by atoms with Crippen molar-refractivity contribution in [2.75, 3.05) is 0 Å². The van der Waals surface area contributed by atoms with Crippen molar-refractivity contribution in [2.24, 2.45) is 11.8 Å². The maximum absolute atomic E-state index is 4.05. The number of allylic oxidation sites excluding steroid dienone is 1. The molecule has 58 valence electrons. The van der Waals surface area contributed by atoms with Crippen LogP contribution in [-0.4, -0.2) is 0 Å². The molecule has 0 heterocycles. The van der Waals surface area contributed by atoms with Crippen molar-refractivity contribution in [1.82, 2.24) is 0 Å². The second-order valence-corrected chi connectivity index (χ2v) is 3.85. The van der Waals surface area contributed by atoms with Crippen LogP contribution in [0.1, 0.15) is 39.5 Å². The Labute approximate surface area is 64.3 Å². The van der Waals surface area contributed by atoms with Gasteiger partial charge in [0.15, 0.2) is 0 Å². The van der Waals surface area contributed by atoms with Gasteiger partial charge in [0.05, 0.1) is 0 Å². The summed E-state index contributed by atoms with van der Waals surface area (Å²) in [5, 5.41) is 0. The van der Waals surface area contributed by atoms with Gasteiger partial charge in [-0.3, -0.25) is 0 Å². The van der Waals surface area contributed by atoms with Gasteiger partial charge in [-0.1, -0.05) is 26.0 Å². The first-order chi connectivity index (χ1) is 4.70. The van der Waals surface area contributed by atoms with Crippen molar-refractivity contribution in [3.63, 3.8) is 0 Å². The highest BCUT2D eigenvalue weighted by Gasteiger charge is 2.18. The molecule has 0 bridgehead atoms. The second kappa shape index (κ2) is 3.23. The molecule has 0 heteroatoms. The molecule has 10 heavy (non-hydrogen) atoms. The maximum Gasteiger partial charge on any atom is -0.0292 e. The van der Waals surface area contributed by atoms with E-state index in [0.29, 0.717) is 0 Å². The van der Waals surface area contributed by atoms with Gasteiger partial charge in [-0.05, 0) is 37.5 Å². The lowest BCUT2D eigenvalue weighted by atomic mass is 9.80. The van der Waals surface area contributed by atoms with E-state index in [0.717, 1.165) is 11.8 Å². The fraction of sp³-hybridized carbons (Fsp3) is 0.800. The fourth-order valence-corrected chi connectivity index (χ4v) is 1.76. The van der Waals surface area contributed by atoms with Crippen LogP contribution in [0.3, 0.4) is 0 Å². The van der Waals surface area contributed by atoms with Gasteiger partial charge in [0.25, 0.3) is 0 Å². The molecule has 0 amide bonds. The summed E-state index contributed by atoms with van der Waals surface area (Å²) in [5.41, 5.74) is 1.48. The standard InChI is InChI=1S/C10H18/c1-8(2)10-6-4-5-9(3)7-10/h8,10H,3-7H2,1-2H3/t10-/m1/s1. The molecule has 1 rings (SSSR count). The van der Waals surface area contributed by atoms with E-state index in [1.807, 2.05) is 0 Å². The summed E-state index contributed by atoms with van der Waals surface area (Å²) in [6, 6.07) is 0. The SMILES string of the molecule is C=C1CCC[C@@H](C(C)C)C1. The molecule has 0 aromatic rings. The maximum atomic E-state index is 4.05. The molecule has 0 unspecified atom stereocenters. The average Bonchev–Trinajstić information content (AvgIpc) is 1.88. The molecular formula is C10H18. The van der Waals surface area contributed by atoms with Crippen LogP contribution < -0.4 is 0 Å². The van der Waals surface area contributed by atoms with E-state index in [-0.39, 0.29) is 0 Å². The highest BCUT2D eigenvalue weighted by atomic mass is 14.2. The number of rotatable bonds is 1. The predicted molar refractivity (Wildman–Crippen MR) is 45.9 cm³/mol. The quantitative estimate of drug-likeness (QED) is 0.487. The fourth-order valence-electron chi connectivity index (χ4n) is 1.76. The van der Waals surface area contributed by atoms with Crippen LogP contribution >= 0.6 is 0 Å². The third-order valence-corrected chi connectivity index (χ3v) is 2.60. The summed E-state index contributed by atoms with van der Waals surface area (Å²) in [6.45, 7) is 8.69. The first-order valence-corrected chi connectivity index (χ1v) is 4.37. The molecule has 0 N–H and O–H groups in total. The van der Waals surface area contributed by atoms with Crippen LogP contribution in [0.15, 0.2) is 12.2 Å². The summed E-state index contributed by atoms with van der Waals surface area (Å²) in [5.74, 6) is 1.79. The molecule has 0 spiro atoms. The van der Waals surface area contributed by atoms with Crippen LogP contribution in [0.2, 0.25) is 0 Å². The molecule has 1 aliphatic rings. The van der Waals surface area contributed by atoms with Gasteiger partial charge in [0, 0.05) is 0 Å². The lowest BCUT2D eigenvalue weighted by molar-refractivity contribution is 0.320. The molecule has 1 aliphatic carbocycles. The number of hydrogen-bond donors (Lipinski definition) is 0. The summed E-state index contributed by atoms with van der Waals surface area (Å²) in [7, 11) is 0. The van der Waals surface area contributed by atoms with Crippen LogP contribution in [0, 0.1) is 11.8 Å². The minimum Gasteiger partial charge on any atom is -0.0999 e. The third-order valence-electron chi connectivity index (χ3n) is 2.60. The topological polar surface area (TPSA) is 0 Å². The average molecular weight is 138 g/mol. The predicted octanol–water partition coefficient (Wildman–Crippen LogP) is 3.39. The third kappa shape index (κ3) is 1.86. The van der Waals surface area contributed by atoms with Crippen LogP contribution in [0.25, 0.3) is 0 Å². The van der Waals surface area contributed by atoms with Gasteiger partial charge in [-0.15, -0.1) is 0 Å². The molecule has 0 saturated heterocycles. The van der Waals surface area contributed by atoms with Crippen molar-refractivity contribution in [3.8, 4) is 0 Å². The highest BCUT2D eigenvalue weighted by Crippen LogP contribution is 2.31.